The maximum atomic E-state index is 5.98. The molecule has 0 N–H and O–H groups in total. The van der Waals surface area contributed by atoms with E-state index in [4.69, 9.17) is 23.2 Å². The topological polar surface area (TPSA) is 49.4 Å². The van der Waals surface area contributed by atoms with Gasteiger partial charge in [-0.25, -0.2) is 0 Å². The summed E-state index contributed by atoms with van der Waals surface area (Å²) in [5.74, 6) is 0.106. The lowest BCUT2D eigenvalue weighted by atomic mass is 9.86. The minimum absolute atomic E-state index is 0.0529. The number of benzene rings is 2. The number of hydrogen-bond donors (Lipinski definition) is 0. The summed E-state index contributed by atoms with van der Waals surface area (Å²) in [5, 5.41) is 19.0. The summed E-state index contributed by atoms with van der Waals surface area (Å²) in [6, 6.07) is 15.3. The van der Waals surface area contributed by atoms with Crippen LogP contribution in [0.4, 0.5) is 0 Å². The lowest BCUT2D eigenvalue weighted by Gasteiger charge is -2.14. The molecule has 2 aromatic rings. The van der Waals surface area contributed by atoms with Crippen LogP contribution in [0, 0.1) is 11.8 Å². The summed E-state index contributed by atoms with van der Waals surface area (Å²) in [5.41, 5.74) is 5.62. The van der Waals surface area contributed by atoms with Crippen LogP contribution in [0.5, 0.6) is 0 Å². The van der Waals surface area contributed by atoms with Crippen molar-refractivity contribution in [1.82, 2.24) is 0 Å². The van der Waals surface area contributed by atoms with Crippen LogP contribution < -0.4 is 0 Å². The average Bonchev–Trinajstić information content (AvgIpc) is 3.19. The van der Waals surface area contributed by atoms with Crippen molar-refractivity contribution in [3.63, 3.8) is 0 Å². The Bertz CT molecular complexity index is 888. The molecule has 0 aromatic heterocycles. The normalized spacial score (nSPS) is 22.0. The Balaban J connectivity index is 1.53. The van der Waals surface area contributed by atoms with Crippen LogP contribution in [0.1, 0.15) is 25.0 Å². The third-order valence-electron chi connectivity index (χ3n) is 4.71. The molecule has 26 heavy (non-hydrogen) atoms. The predicted octanol–water partition coefficient (Wildman–Crippen LogP) is 5.28. The summed E-state index contributed by atoms with van der Waals surface area (Å²) in [6.45, 7) is 4.18. The third-order valence-corrected chi connectivity index (χ3v) is 5.22. The molecule has 4 rings (SSSR count). The second kappa shape index (κ2) is 6.78. The van der Waals surface area contributed by atoms with Gasteiger partial charge in [0.05, 0.1) is 22.8 Å². The van der Waals surface area contributed by atoms with Crippen molar-refractivity contribution in [3.8, 4) is 0 Å². The summed E-state index contributed by atoms with van der Waals surface area (Å²) in [6.07, 6.45) is 0. The van der Waals surface area contributed by atoms with Gasteiger partial charge >= 0.3 is 0 Å². The predicted molar refractivity (Wildman–Crippen MR) is 109 cm³/mol. The summed E-state index contributed by atoms with van der Waals surface area (Å²) in [7, 11) is 0. The zero-order valence-corrected chi connectivity index (χ0v) is 15.8. The summed E-state index contributed by atoms with van der Waals surface area (Å²) in [4.78, 5) is 0. The first kappa shape index (κ1) is 17.1. The lowest BCUT2D eigenvalue weighted by Crippen LogP contribution is -2.30. The molecule has 130 valence electrons. The highest BCUT2D eigenvalue weighted by Crippen LogP contribution is 2.26. The maximum Gasteiger partial charge on any atom is 0.0959 e. The second-order valence-corrected chi connectivity index (χ2v) is 7.27. The van der Waals surface area contributed by atoms with Crippen LogP contribution in [0.25, 0.3) is 0 Å². The standard InChI is InChI=1S/C20H16Cl2N4/c1-11-17(13-3-7-15(21)8-4-13)23-25-19(11)20-12(2)18(24-26-20)14-5-9-16(22)10-6-14/h3-12H,1-2H3/t11-,12-/m0/s1. The Labute approximate surface area is 162 Å². The zero-order chi connectivity index (χ0) is 18.3. The molecule has 0 unspecified atom stereocenters. The molecular formula is C20H16Cl2N4. The highest BCUT2D eigenvalue weighted by Gasteiger charge is 2.34. The van der Waals surface area contributed by atoms with Gasteiger partial charge in [-0.15, -0.1) is 0 Å². The number of halogens is 2. The third kappa shape index (κ3) is 3.00. The number of nitrogens with zero attached hydrogens (tertiary/aromatic N) is 4. The van der Waals surface area contributed by atoms with Crippen molar-refractivity contribution in [2.24, 2.45) is 32.2 Å². The fraction of sp³-hybridized carbons (Fsp3) is 0.200. The van der Waals surface area contributed by atoms with Gasteiger partial charge in [-0.2, -0.15) is 20.4 Å². The van der Waals surface area contributed by atoms with Crippen LogP contribution in [0.2, 0.25) is 10.0 Å². The lowest BCUT2D eigenvalue weighted by molar-refractivity contribution is 1.06. The van der Waals surface area contributed by atoms with E-state index in [2.05, 4.69) is 34.3 Å². The van der Waals surface area contributed by atoms with Crippen molar-refractivity contribution < 1.29 is 0 Å². The van der Waals surface area contributed by atoms with Gasteiger partial charge in [0.15, 0.2) is 0 Å². The molecule has 4 nitrogen and oxygen atoms in total. The van der Waals surface area contributed by atoms with Gasteiger partial charge in [0.2, 0.25) is 0 Å². The van der Waals surface area contributed by atoms with Crippen LogP contribution in [-0.2, 0) is 0 Å². The first-order chi connectivity index (χ1) is 12.5. The van der Waals surface area contributed by atoms with E-state index in [0.29, 0.717) is 10.0 Å². The average molecular weight is 383 g/mol. The van der Waals surface area contributed by atoms with Gasteiger partial charge in [-0.1, -0.05) is 61.3 Å². The highest BCUT2D eigenvalue weighted by molar-refractivity contribution is 6.52. The molecule has 6 heteroatoms. The van der Waals surface area contributed by atoms with E-state index in [0.717, 1.165) is 34.0 Å². The zero-order valence-electron chi connectivity index (χ0n) is 14.3. The van der Waals surface area contributed by atoms with Crippen molar-refractivity contribution in [2.75, 3.05) is 0 Å². The fourth-order valence-corrected chi connectivity index (χ4v) is 3.48. The van der Waals surface area contributed by atoms with E-state index in [1.165, 1.54) is 0 Å². The number of hydrogen-bond acceptors (Lipinski definition) is 4. The van der Waals surface area contributed by atoms with Crippen molar-refractivity contribution in [3.05, 3.63) is 69.7 Å². The molecule has 0 spiro atoms. The van der Waals surface area contributed by atoms with Crippen LogP contribution in [0.3, 0.4) is 0 Å². The first-order valence-electron chi connectivity index (χ1n) is 8.37. The van der Waals surface area contributed by atoms with E-state index in [1.54, 1.807) is 0 Å². The second-order valence-electron chi connectivity index (χ2n) is 6.40. The number of rotatable bonds is 3. The molecule has 0 aliphatic carbocycles. The van der Waals surface area contributed by atoms with Gasteiger partial charge in [0, 0.05) is 21.9 Å². The molecule has 0 fully saturated rings. The van der Waals surface area contributed by atoms with E-state index in [-0.39, 0.29) is 11.8 Å². The Hall–Kier alpha value is -2.30. The van der Waals surface area contributed by atoms with Crippen molar-refractivity contribution >= 4 is 46.0 Å². The fourth-order valence-electron chi connectivity index (χ4n) is 3.22. The van der Waals surface area contributed by atoms with E-state index >= 15 is 0 Å². The Morgan fingerprint density at radius 3 is 1.19 bits per heavy atom. The Kier molecular flexibility index (Phi) is 4.47. The molecule has 2 aromatic carbocycles. The molecule has 2 heterocycles. The molecule has 0 bridgehead atoms. The van der Waals surface area contributed by atoms with Gasteiger partial charge in [0.25, 0.3) is 0 Å². The minimum atomic E-state index is 0.0529. The van der Waals surface area contributed by atoms with E-state index in [1.807, 2.05) is 48.5 Å². The summed E-state index contributed by atoms with van der Waals surface area (Å²) < 4.78 is 0. The molecule has 0 saturated carbocycles. The molecule has 0 amide bonds. The quantitative estimate of drug-likeness (QED) is 0.692. The van der Waals surface area contributed by atoms with Gasteiger partial charge < -0.3 is 0 Å². The van der Waals surface area contributed by atoms with Gasteiger partial charge in [-0.05, 0) is 35.4 Å². The largest absolute Gasteiger partial charge is 0.154 e. The van der Waals surface area contributed by atoms with Crippen molar-refractivity contribution in [2.45, 2.75) is 13.8 Å². The monoisotopic (exact) mass is 382 g/mol. The Morgan fingerprint density at radius 1 is 0.538 bits per heavy atom. The van der Waals surface area contributed by atoms with Crippen LogP contribution in [0.15, 0.2) is 68.9 Å². The minimum Gasteiger partial charge on any atom is -0.154 e. The van der Waals surface area contributed by atoms with Crippen molar-refractivity contribution in [1.29, 1.82) is 0 Å². The highest BCUT2D eigenvalue weighted by atomic mass is 35.5. The Morgan fingerprint density at radius 2 is 0.846 bits per heavy atom. The molecule has 2 aliphatic heterocycles. The SMILES string of the molecule is C[C@@H]1C(C2=NN=C(c3ccc(Cl)cc3)[C@@H]2C)=NN=C1c1ccc(Cl)cc1. The van der Waals surface area contributed by atoms with E-state index in [9.17, 15) is 0 Å². The molecule has 2 aliphatic rings. The van der Waals surface area contributed by atoms with E-state index < -0.39 is 0 Å². The van der Waals surface area contributed by atoms with Crippen LogP contribution in [-0.4, -0.2) is 22.8 Å². The summed E-state index contributed by atoms with van der Waals surface area (Å²) >= 11 is 12.0. The first-order valence-corrected chi connectivity index (χ1v) is 9.13. The van der Waals surface area contributed by atoms with Gasteiger partial charge in [0.1, 0.15) is 0 Å². The van der Waals surface area contributed by atoms with Gasteiger partial charge in [-0.3, -0.25) is 0 Å². The maximum absolute atomic E-state index is 5.98. The molecular weight excluding hydrogens is 367 g/mol. The molecule has 0 saturated heterocycles. The molecule has 0 radical (unpaired) electrons. The van der Waals surface area contributed by atoms with Crippen LogP contribution >= 0.6 is 23.2 Å². The smallest absolute Gasteiger partial charge is 0.0959 e. The molecule has 2 atom stereocenters.